The van der Waals surface area contributed by atoms with E-state index < -0.39 is 0 Å². The van der Waals surface area contributed by atoms with Crippen molar-refractivity contribution in [3.8, 4) is 5.75 Å². The van der Waals surface area contributed by atoms with E-state index in [9.17, 15) is 0 Å². The van der Waals surface area contributed by atoms with E-state index in [-0.39, 0.29) is 12.0 Å². The van der Waals surface area contributed by atoms with Crippen molar-refractivity contribution < 1.29 is 14.6 Å². The molecule has 0 aromatic heterocycles. The Bertz CT molecular complexity index is 303. The van der Waals surface area contributed by atoms with E-state index in [2.05, 4.69) is 0 Å². The zero-order valence-corrected chi connectivity index (χ0v) is 10.2. The van der Waals surface area contributed by atoms with Crippen molar-refractivity contribution in [1.82, 2.24) is 0 Å². The second-order valence-electron chi connectivity index (χ2n) is 4.66. The number of aliphatic hydroxyl groups excluding tert-OH is 1. The average molecular weight is 224 g/mol. The molecule has 0 spiro atoms. The van der Waals surface area contributed by atoms with Crippen LogP contribution in [0.15, 0.2) is 24.3 Å². The summed E-state index contributed by atoms with van der Waals surface area (Å²) in [7, 11) is 1.65. The van der Waals surface area contributed by atoms with Gasteiger partial charge >= 0.3 is 0 Å². The van der Waals surface area contributed by atoms with Gasteiger partial charge in [0.15, 0.2) is 0 Å². The molecule has 1 rings (SSSR count). The zero-order chi connectivity index (χ0) is 12.0. The van der Waals surface area contributed by atoms with E-state index in [1.54, 1.807) is 7.11 Å². The second kappa shape index (κ2) is 5.87. The average Bonchev–Trinajstić information content (AvgIpc) is 2.30. The largest absolute Gasteiger partial charge is 0.497 e. The first-order chi connectivity index (χ1) is 7.57. The van der Waals surface area contributed by atoms with Gasteiger partial charge in [-0.25, -0.2) is 0 Å². The zero-order valence-electron chi connectivity index (χ0n) is 10.2. The van der Waals surface area contributed by atoms with Crippen LogP contribution in [0.5, 0.6) is 5.75 Å². The van der Waals surface area contributed by atoms with Gasteiger partial charge < -0.3 is 14.6 Å². The fraction of sp³-hybridized carbons (Fsp3) is 0.538. The van der Waals surface area contributed by atoms with Crippen LogP contribution in [-0.4, -0.2) is 25.4 Å². The maximum absolute atomic E-state index is 9.06. The lowest BCUT2D eigenvalue weighted by molar-refractivity contribution is 0.0197. The summed E-state index contributed by atoms with van der Waals surface area (Å²) >= 11 is 0. The molecule has 0 heterocycles. The van der Waals surface area contributed by atoms with Crippen LogP contribution in [-0.2, 0) is 11.3 Å². The Balaban J connectivity index is 2.37. The molecule has 0 aliphatic carbocycles. The molecule has 0 unspecified atom stereocenters. The van der Waals surface area contributed by atoms with Gasteiger partial charge in [-0.2, -0.15) is 0 Å². The fourth-order valence-corrected chi connectivity index (χ4v) is 1.21. The Labute approximate surface area is 97.0 Å². The van der Waals surface area contributed by atoms with Gasteiger partial charge in [-0.05, 0) is 17.7 Å². The molecule has 3 nitrogen and oxygen atoms in total. The van der Waals surface area contributed by atoms with Crippen molar-refractivity contribution in [3.05, 3.63) is 29.8 Å². The van der Waals surface area contributed by atoms with E-state index >= 15 is 0 Å². The normalized spacial score (nSPS) is 11.5. The van der Waals surface area contributed by atoms with Crippen LogP contribution in [0.25, 0.3) is 0 Å². The number of ether oxygens (including phenoxy) is 2. The van der Waals surface area contributed by atoms with Crippen LogP contribution in [0.4, 0.5) is 0 Å². The van der Waals surface area contributed by atoms with Crippen molar-refractivity contribution >= 4 is 0 Å². The van der Waals surface area contributed by atoms with Crippen molar-refractivity contribution in [2.75, 3.05) is 20.3 Å². The lowest BCUT2D eigenvalue weighted by Gasteiger charge is -2.21. The van der Waals surface area contributed by atoms with Crippen LogP contribution >= 0.6 is 0 Å². The SMILES string of the molecule is COc1ccc(COCC(C)(C)CO)cc1. The summed E-state index contributed by atoms with van der Waals surface area (Å²) in [5.41, 5.74) is 0.932. The van der Waals surface area contributed by atoms with Crippen molar-refractivity contribution in [2.45, 2.75) is 20.5 Å². The summed E-state index contributed by atoms with van der Waals surface area (Å²) in [5.74, 6) is 0.847. The molecular weight excluding hydrogens is 204 g/mol. The predicted octanol–water partition coefficient (Wildman–Crippen LogP) is 2.23. The Morgan fingerprint density at radius 1 is 1.19 bits per heavy atom. The van der Waals surface area contributed by atoms with E-state index in [4.69, 9.17) is 14.6 Å². The van der Waals surface area contributed by atoms with Crippen molar-refractivity contribution in [3.63, 3.8) is 0 Å². The Hall–Kier alpha value is -1.06. The molecule has 1 N–H and O–H groups in total. The molecule has 90 valence electrons. The molecule has 0 radical (unpaired) electrons. The Kier molecular flexibility index (Phi) is 4.77. The molecule has 0 aliphatic heterocycles. The summed E-state index contributed by atoms with van der Waals surface area (Å²) in [5, 5.41) is 9.06. The summed E-state index contributed by atoms with van der Waals surface area (Å²) in [6.07, 6.45) is 0. The lowest BCUT2D eigenvalue weighted by Crippen LogP contribution is -2.23. The standard InChI is InChI=1S/C13H20O3/c1-13(2,9-14)10-16-8-11-4-6-12(15-3)7-5-11/h4-7,14H,8-10H2,1-3H3. The van der Waals surface area contributed by atoms with Gasteiger partial charge in [0.2, 0.25) is 0 Å². The number of aliphatic hydroxyl groups is 1. The third-order valence-electron chi connectivity index (χ3n) is 2.35. The Morgan fingerprint density at radius 3 is 2.31 bits per heavy atom. The molecule has 3 heteroatoms. The highest BCUT2D eigenvalue weighted by molar-refractivity contribution is 5.26. The number of rotatable bonds is 6. The van der Waals surface area contributed by atoms with Crippen LogP contribution in [0.2, 0.25) is 0 Å². The molecule has 0 saturated heterocycles. The first-order valence-electron chi connectivity index (χ1n) is 5.39. The van der Waals surface area contributed by atoms with Crippen LogP contribution < -0.4 is 4.74 Å². The van der Waals surface area contributed by atoms with Crippen molar-refractivity contribution in [2.24, 2.45) is 5.41 Å². The number of hydrogen-bond acceptors (Lipinski definition) is 3. The highest BCUT2D eigenvalue weighted by Crippen LogP contribution is 2.16. The molecule has 0 bridgehead atoms. The summed E-state index contributed by atoms with van der Waals surface area (Å²) in [6.45, 7) is 5.20. The molecule has 0 fully saturated rings. The van der Waals surface area contributed by atoms with Gasteiger partial charge in [0, 0.05) is 5.41 Å². The summed E-state index contributed by atoms with van der Waals surface area (Å²) in [6, 6.07) is 7.78. The number of benzene rings is 1. The first kappa shape index (κ1) is 13.0. The molecule has 1 aromatic rings. The minimum atomic E-state index is -0.174. The lowest BCUT2D eigenvalue weighted by atomic mass is 9.97. The van der Waals surface area contributed by atoms with Gasteiger partial charge in [-0.3, -0.25) is 0 Å². The third-order valence-corrected chi connectivity index (χ3v) is 2.35. The fourth-order valence-electron chi connectivity index (χ4n) is 1.21. The molecule has 1 aromatic carbocycles. The smallest absolute Gasteiger partial charge is 0.118 e. The maximum atomic E-state index is 9.06. The molecule has 0 amide bonds. The van der Waals surface area contributed by atoms with Gasteiger partial charge in [0.25, 0.3) is 0 Å². The van der Waals surface area contributed by atoms with E-state index in [0.717, 1.165) is 11.3 Å². The highest BCUT2D eigenvalue weighted by Gasteiger charge is 2.16. The number of methoxy groups -OCH3 is 1. The summed E-state index contributed by atoms with van der Waals surface area (Å²) in [4.78, 5) is 0. The maximum Gasteiger partial charge on any atom is 0.118 e. The molecule has 0 atom stereocenters. The molecule has 0 saturated carbocycles. The first-order valence-corrected chi connectivity index (χ1v) is 5.39. The second-order valence-corrected chi connectivity index (χ2v) is 4.66. The topological polar surface area (TPSA) is 38.7 Å². The molecule has 16 heavy (non-hydrogen) atoms. The van der Waals surface area contributed by atoms with Crippen LogP contribution in [0, 0.1) is 5.41 Å². The minimum Gasteiger partial charge on any atom is -0.497 e. The molecule has 0 aliphatic rings. The van der Waals surface area contributed by atoms with Gasteiger partial charge in [-0.1, -0.05) is 26.0 Å². The minimum absolute atomic E-state index is 0.135. The third kappa shape index (κ3) is 4.21. The van der Waals surface area contributed by atoms with E-state index in [1.165, 1.54) is 0 Å². The predicted molar refractivity (Wildman–Crippen MR) is 63.5 cm³/mol. The van der Waals surface area contributed by atoms with E-state index in [1.807, 2.05) is 38.1 Å². The highest BCUT2D eigenvalue weighted by atomic mass is 16.5. The van der Waals surface area contributed by atoms with Gasteiger partial charge in [0.1, 0.15) is 5.75 Å². The van der Waals surface area contributed by atoms with Gasteiger partial charge in [-0.15, -0.1) is 0 Å². The van der Waals surface area contributed by atoms with E-state index in [0.29, 0.717) is 13.2 Å². The van der Waals surface area contributed by atoms with Crippen LogP contribution in [0.3, 0.4) is 0 Å². The Morgan fingerprint density at radius 2 is 1.81 bits per heavy atom. The van der Waals surface area contributed by atoms with Crippen molar-refractivity contribution in [1.29, 1.82) is 0 Å². The summed E-state index contributed by atoms with van der Waals surface area (Å²) < 4.78 is 10.6. The van der Waals surface area contributed by atoms with Gasteiger partial charge in [0.05, 0.1) is 26.9 Å². The van der Waals surface area contributed by atoms with Crippen LogP contribution in [0.1, 0.15) is 19.4 Å². The monoisotopic (exact) mass is 224 g/mol. The number of hydrogen-bond donors (Lipinski definition) is 1. The molecular formula is C13H20O3. The quantitative estimate of drug-likeness (QED) is 0.805.